The maximum Gasteiger partial charge on any atom is 0.0701 e. The van der Waals surface area contributed by atoms with Gasteiger partial charge in [-0.2, -0.15) is 0 Å². The zero-order valence-corrected chi connectivity index (χ0v) is 13.5. The fraction of sp³-hybridized carbons (Fsp3) is 1.00. The first-order chi connectivity index (χ1) is 6.00. The predicted octanol–water partition coefficient (Wildman–Crippen LogP) is -2.71. The van der Waals surface area contributed by atoms with Crippen molar-refractivity contribution in [3.05, 3.63) is 0 Å². The normalized spacial score (nSPS) is 32.0. The summed E-state index contributed by atoms with van der Waals surface area (Å²) in [5, 5.41) is 0. The van der Waals surface area contributed by atoms with Crippen molar-refractivity contribution >= 4 is 36.1 Å². The molecule has 0 bridgehead atoms. The van der Waals surface area contributed by atoms with Crippen LogP contribution in [-0.4, -0.2) is 62.6 Å². The molecule has 0 aromatic carbocycles. The van der Waals surface area contributed by atoms with Gasteiger partial charge in [-0.15, -0.1) is 0 Å². The van der Waals surface area contributed by atoms with Crippen molar-refractivity contribution in [3.8, 4) is 0 Å². The van der Waals surface area contributed by atoms with Crippen molar-refractivity contribution < 1.29 is 9.47 Å². The van der Waals surface area contributed by atoms with E-state index in [0.717, 1.165) is 62.6 Å². The van der Waals surface area contributed by atoms with Gasteiger partial charge in [-0.3, -0.25) is 0 Å². The highest BCUT2D eigenvalue weighted by molar-refractivity contribution is 7.20. The predicted molar refractivity (Wildman–Crippen MR) is 65.4 cm³/mol. The minimum Gasteiger partial charge on any atom is -0.377 e. The monoisotopic (exact) mass is 236 g/mol. The third kappa shape index (κ3) is 6.32. The highest BCUT2D eigenvalue weighted by Crippen LogP contribution is 1.85. The first-order valence-corrected chi connectivity index (χ1v) is 17.2. The van der Waals surface area contributed by atoms with Gasteiger partial charge < -0.3 is 9.47 Å². The zero-order chi connectivity index (χ0) is 8.49. The maximum atomic E-state index is 4.94. The molecule has 2 fully saturated rings. The van der Waals surface area contributed by atoms with Gasteiger partial charge in [-0.25, -0.2) is 0 Å². The fourth-order valence-corrected chi connectivity index (χ4v) is 48.2. The highest BCUT2D eigenvalue weighted by atomic mass is 29.2. The molecule has 0 unspecified atom stereocenters. The minimum absolute atomic E-state index is 0.744. The second-order valence-electron chi connectivity index (χ2n) is 3.35. The van der Waals surface area contributed by atoms with Crippen LogP contribution in [0.5, 0.6) is 0 Å². The summed E-state index contributed by atoms with van der Waals surface area (Å²) >= 11 is 0. The van der Waals surface area contributed by atoms with E-state index in [2.05, 4.69) is 0 Å². The largest absolute Gasteiger partial charge is 0.377 e. The van der Waals surface area contributed by atoms with Gasteiger partial charge in [0.05, 0.1) is 26.4 Å². The van der Waals surface area contributed by atoms with Crippen LogP contribution in [0.25, 0.3) is 0 Å². The van der Waals surface area contributed by atoms with Crippen molar-refractivity contribution in [1.29, 1.82) is 0 Å². The van der Waals surface area contributed by atoms with E-state index in [0.29, 0.717) is 0 Å². The lowest BCUT2D eigenvalue weighted by Gasteiger charge is -2.09. The van der Waals surface area contributed by atoms with Crippen LogP contribution in [-0.2, 0) is 9.47 Å². The van der Waals surface area contributed by atoms with Gasteiger partial charge in [0.15, 0.2) is 0 Å². The van der Waals surface area contributed by atoms with Crippen molar-refractivity contribution in [2.24, 2.45) is 0 Å². The van der Waals surface area contributed by atoms with E-state index in [-0.39, 0.29) is 0 Å². The molecule has 2 saturated heterocycles. The maximum absolute atomic E-state index is 4.94. The Labute approximate surface area is 83.7 Å². The van der Waals surface area contributed by atoms with Crippen LogP contribution in [0.2, 0.25) is 11.3 Å². The van der Waals surface area contributed by atoms with E-state index in [1.807, 2.05) is 11.3 Å². The first-order valence-electron chi connectivity index (χ1n) is 5.15. The molecule has 2 heterocycles. The van der Waals surface area contributed by atoms with Gasteiger partial charge in [0.2, 0.25) is 0 Å². The Balaban J connectivity index is 0.000000120. The summed E-state index contributed by atoms with van der Waals surface area (Å²) in [6.07, 6.45) is 0. The molecule has 0 aromatic heterocycles. The van der Waals surface area contributed by atoms with Gasteiger partial charge in [0.1, 0.15) is 0 Å². The minimum atomic E-state index is 0.744. The molecular weight excluding hydrogens is 216 g/mol. The topological polar surface area (TPSA) is 18.5 Å². The SMILES string of the molecule is C1COCCO1.C1[SiH2][SiH2]C[SiH2][SiH2]1. The van der Waals surface area contributed by atoms with E-state index in [4.69, 9.17) is 9.47 Å². The Morgan fingerprint density at radius 1 is 0.583 bits per heavy atom. The molecule has 2 rings (SSSR count). The van der Waals surface area contributed by atoms with Crippen molar-refractivity contribution in [2.45, 2.75) is 11.3 Å². The second-order valence-corrected chi connectivity index (χ2v) is 20.3. The lowest BCUT2D eigenvalue weighted by Crippen LogP contribution is -2.21. The Hall–Kier alpha value is 0.788. The molecule has 0 saturated carbocycles. The van der Waals surface area contributed by atoms with E-state index >= 15 is 0 Å². The lowest BCUT2D eigenvalue weighted by molar-refractivity contribution is -0.0334. The first kappa shape index (κ1) is 10.9. The summed E-state index contributed by atoms with van der Waals surface area (Å²) < 4.78 is 9.89. The molecule has 0 spiro atoms. The van der Waals surface area contributed by atoms with E-state index in [9.17, 15) is 0 Å². The van der Waals surface area contributed by atoms with Crippen LogP contribution in [0.4, 0.5) is 0 Å². The number of ether oxygens (including phenoxy) is 2. The van der Waals surface area contributed by atoms with Crippen LogP contribution in [0.15, 0.2) is 0 Å². The summed E-state index contributed by atoms with van der Waals surface area (Å²) in [4.78, 5) is 0. The van der Waals surface area contributed by atoms with Crippen LogP contribution in [0.1, 0.15) is 0 Å². The highest BCUT2D eigenvalue weighted by Gasteiger charge is 1.98. The fourth-order valence-electron chi connectivity index (χ4n) is 1.50. The summed E-state index contributed by atoms with van der Waals surface area (Å²) in [7, 11) is 2.98. The number of rotatable bonds is 0. The summed E-state index contributed by atoms with van der Waals surface area (Å²) in [6, 6.07) is 0. The van der Waals surface area contributed by atoms with Crippen molar-refractivity contribution in [3.63, 3.8) is 0 Å². The second kappa shape index (κ2) is 8.39. The average molecular weight is 237 g/mol. The smallest absolute Gasteiger partial charge is 0.0701 e. The lowest BCUT2D eigenvalue weighted by atomic mass is 10.6. The van der Waals surface area contributed by atoms with Crippen LogP contribution >= 0.6 is 0 Å². The molecule has 2 aliphatic rings. The molecule has 0 amide bonds. The Morgan fingerprint density at radius 3 is 1.08 bits per heavy atom. The van der Waals surface area contributed by atoms with Crippen LogP contribution in [0, 0.1) is 0 Å². The number of hydrogen-bond acceptors (Lipinski definition) is 2. The molecule has 2 aliphatic heterocycles. The van der Waals surface area contributed by atoms with Crippen LogP contribution in [0.3, 0.4) is 0 Å². The molecule has 12 heavy (non-hydrogen) atoms. The van der Waals surface area contributed by atoms with Gasteiger partial charge in [0, 0.05) is 36.1 Å². The summed E-state index contributed by atoms with van der Waals surface area (Å²) in [5.74, 6) is 0. The van der Waals surface area contributed by atoms with Gasteiger partial charge >= 0.3 is 0 Å². The molecule has 6 heteroatoms. The molecule has 0 N–H and O–H groups in total. The molecule has 0 radical (unpaired) electrons. The average Bonchev–Trinajstić information content (AvgIpc) is 2.24. The molecule has 0 aromatic rings. The summed E-state index contributed by atoms with van der Waals surface area (Å²) in [5.41, 5.74) is 3.80. The van der Waals surface area contributed by atoms with E-state index in [1.165, 1.54) is 0 Å². The Kier molecular flexibility index (Phi) is 7.60. The number of hydrogen-bond donors (Lipinski definition) is 0. The molecule has 0 atom stereocenters. The molecule has 2 nitrogen and oxygen atoms in total. The quantitative estimate of drug-likeness (QED) is 0.426. The standard InChI is InChI=1S/C4H8O2.C2H12Si4/c1-2-6-4-3-5-1;1-3-5-2-6-4-1/h1-4H2;1-6H2. The third-order valence-electron chi connectivity index (χ3n) is 2.24. The van der Waals surface area contributed by atoms with E-state index < -0.39 is 0 Å². The Morgan fingerprint density at radius 2 is 0.917 bits per heavy atom. The Bertz CT molecular complexity index is 60.5. The van der Waals surface area contributed by atoms with Crippen LogP contribution < -0.4 is 0 Å². The summed E-state index contributed by atoms with van der Waals surface area (Å²) in [6.45, 7) is 3.11. The molecular formula is C6H20O2Si4. The van der Waals surface area contributed by atoms with Gasteiger partial charge in [-0.1, -0.05) is 11.3 Å². The zero-order valence-electron chi connectivity index (χ0n) is 7.89. The van der Waals surface area contributed by atoms with Gasteiger partial charge in [-0.05, 0) is 0 Å². The van der Waals surface area contributed by atoms with Crippen molar-refractivity contribution in [1.82, 2.24) is 0 Å². The molecule has 0 aliphatic carbocycles. The van der Waals surface area contributed by atoms with Crippen molar-refractivity contribution in [2.75, 3.05) is 26.4 Å². The third-order valence-corrected chi connectivity index (χ3v) is 32.2. The van der Waals surface area contributed by atoms with E-state index in [1.54, 1.807) is 0 Å². The van der Waals surface area contributed by atoms with Gasteiger partial charge in [0.25, 0.3) is 0 Å². The molecule has 72 valence electrons.